The van der Waals surface area contributed by atoms with Crippen LogP contribution < -0.4 is 0 Å². The number of aromatic nitrogens is 2. The fourth-order valence-corrected chi connectivity index (χ4v) is 8.27. The van der Waals surface area contributed by atoms with Crippen molar-refractivity contribution in [1.82, 2.24) is 9.97 Å². The number of fused-ring (bicyclic) bond motifs is 8. The number of pyridine rings is 2. The summed E-state index contributed by atoms with van der Waals surface area (Å²) in [7, 11) is 0.722. The van der Waals surface area contributed by atoms with E-state index in [2.05, 4.69) is 135 Å². The first-order chi connectivity index (χ1) is 24.9. The smallest absolute Gasteiger partial charge is 0.429 e. The zero-order chi connectivity index (χ0) is 37.1. The molecule has 0 bridgehead atoms. The Hall–Kier alpha value is -3.84. The summed E-state index contributed by atoms with van der Waals surface area (Å²) in [5.41, 5.74) is 19.9. The van der Waals surface area contributed by atoms with Crippen LogP contribution in [0.2, 0.25) is 0 Å². The first-order valence-corrected chi connectivity index (χ1v) is 19.5. The van der Waals surface area contributed by atoms with Crippen LogP contribution in [-0.4, -0.2) is 29.3 Å². The second-order valence-electron chi connectivity index (χ2n) is 15.4. The summed E-state index contributed by atoms with van der Waals surface area (Å²) in [6, 6.07) is 26.7. The molecule has 0 saturated heterocycles. The van der Waals surface area contributed by atoms with Gasteiger partial charge in [-0.15, -0.1) is 0 Å². The van der Waals surface area contributed by atoms with Gasteiger partial charge in [0.1, 0.15) is 0 Å². The highest BCUT2D eigenvalue weighted by Crippen LogP contribution is 2.39. The molecule has 0 saturated carbocycles. The van der Waals surface area contributed by atoms with E-state index in [4.69, 9.17) is 15.0 Å². The number of halogens is 1. The predicted molar refractivity (Wildman–Crippen MR) is 232 cm³/mol. The van der Waals surface area contributed by atoms with Crippen molar-refractivity contribution in [3.63, 3.8) is 0 Å². The average molecular weight is 773 g/mol. The first kappa shape index (κ1) is 40.4. The number of hydrogen-bond acceptors (Lipinski definition) is 4. The Balaban J connectivity index is 0.000000200. The summed E-state index contributed by atoms with van der Waals surface area (Å²) in [5.74, 6) is 1.15. The second kappa shape index (κ2) is 17.5. The van der Waals surface area contributed by atoms with Crippen LogP contribution in [0.15, 0.2) is 77.3 Å². The van der Waals surface area contributed by atoms with E-state index in [0.29, 0.717) is 18.4 Å². The molecule has 0 fully saturated rings. The van der Waals surface area contributed by atoms with Gasteiger partial charge in [0.05, 0.1) is 22.4 Å². The zero-order valence-electron chi connectivity index (χ0n) is 32.0. The summed E-state index contributed by atoms with van der Waals surface area (Å²) in [5, 5.41) is 10.5. The average Bonchev–Trinajstić information content (AvgIpc) is 3.10. The van der Waals surface area contributed by atoms with Crippen LogP contribution in [0.5, 0.6) is 0 Å². The van der Waals surface area contributed by atoms with Crippen molar-refractivity contribution < 1.29 is 11.1 Å². The molecule has 53 heavy (non-hydrogen) atoms. The summed E-state index contributed by atoms with van der Waals surface area (Å²) >= 11 is 3.64. The van der Waals surface area contributed by atoms with Gasteiger partial charge in [0, 0.05) is 34.4 Å². The van der Waals surface area contributed by atoms with Crippen molar-refractivity contribution >= 4 is 45.4 Å². The lowest BCUT2D eigenvalue weighted by atomic mass is 9.84. The lowest BCUT2D eigenvalue weighted by Gasteiger charge is -2.22. The van der Waals surface area contributed by atoms with Crippen LogP contribution in [-0.2, 0) is 36.8 Å². The Morgan fingerprint density at radius 1 is 0.698 bits per heavy atom. The maximum atomic E-state index is 7.97. The third-order valence-electron chi connectivity index (χ3n) is 10.1. The van der Waals surface area contributed by atoms with Crippen LogP contribution in [0.1, 0.15) is 86.6 Å². The van der Waals surface area contributed by atoms with E-state index in [0.717, 1.165) is 55.3 Å². The van der Waals surface area contributed by atoms with Gasteiger partial charge in [-0.1, -0.05) is 92.5 Å². The molecule has 6 heteroatoms. The normalized spacial score (nSPS) is 12.5. The van der Waals surface area contributed by atoms with Gasteiger partial charge in [0.15, 0.2) is 0 Å². The minimum atomic E-state index is 0. The van der Waals surface area contributed by atoms with Gasteiger partial charge < -0.3 is 9.68 Å². The molecule has 0 amide bonds. The fourth-order valence-electron chi connectivity index (χ4n) is 7.80. The van der Waals surface area contributed by atoms with Crippen LogP contribution in [0.25, 0.3) is 44.3 Å². The van der Waals surface area contributed by atoms with Crippen molar-refractivity contribution in [3.05, 3.63) is 127 Å². The van der Waals surface area contributed by atoms with Crippen molar-refractivity contribution in [2.45, 2.75) is 94.9 Å². The molecule has 0 atom stereocenters. The molecule has 1 N–H and O–H groups in total. The highest BCUT2D eigenvalue weighted by molar-refractivity contribution is 9.10. The predicted octanol–water partition coefficient (Wildman–Crippen LogP) is 12.3. The Morgan fingerprint density at radius 3 is 1.70 bits per heavy atom. The van der Waals surface area contributed by atoms with Crippen molar-refractivity contribution in [2.75, 3.05) is 6.61 Å². The molecule has 0 spiro atoms. The van der Waals surface area contributed by atoms with Gasteiger partial charge in [-0.2, -0.15) is 0 Å². The SMILES string of the molecule is C.CC(C)CO[B]O.Cc1cc(C)c2c(c1)-c1nc3cccc(Br)c3cc1CC2.Cc1cc(C)c2c(c1)-c1nc3cccc(CC(C)C)c3cc1CC2.[HH]. The summed E-state index contributed by atoms with van der Waals surface area (Å²) < 4.78 is 5.65. The molecule has 2 heterocycles. The lowest BCUT2D eigenvalue weighted by molar-refractivity contribution is 0.246. The maximum Gasteiger partial charge on any atom is 0.485 e. The van der Waals surface area contributed by atoms with E-state index in [9.17, 15) is 0 Å². The maximum absolute atomic E-state index is 7.97. The van der Waals surface area contributed by atoms with Gasteiger partial charge in [0.25, 0.3) is 0 Å². The van der Waals surface area contributed by atoms with Crippen molar-refractivity contribution in [3.8, 4) is 22.5 Å². The van der Waals surface area contributed by atoms with Crippen molar-refractivity contribution in [1.29, 1.82) is 0 Å². The van der Waals surface area contributed by atoms with E-state index in [1.54, 1.807) is 0 Å². The third-order valence-corrected chi connectivity index (χ3v) is 10.8. The van der Waals surface area contributed by atoms with Crippen LogP contribution >= 0.6 is 15.9 Å². The highest BCUT2D eigenvalue weighted by atomic mass is 79.9. The van der Waals surface area contributed by atoms with Crippen LogP contribution in [0.4, 0.5) is 0 Å². The van der Waals surface area contributed by atoms with E-state index in [-0.39, 0.29) is 8.85 Å². The van der Waals surface area contributed by atoms with Crippen LogP contribution in [0.3, 0.4) is 0 Å². The Kier molecular flexibility index (Phi) is 13.4. The Labute approximate surface area is 328 Å². The van der Waals surface area contributed by atoms with E-state index >= 15 is 0 Å². The van der Waals surface area contributed by atoms with Crippen molar-refractivity contribution in [2.24, 2.45) is 11.8 Å². The van der Waals surface area contributed by atoms with Gasteiger partial charge >= 0.3 is 7.69 Å². The highest BCUT2D eigenvalue weighted by Gasteiger charge is 2.22. The third kappa shape index (κ3) is 9.11. The fraction of sp³-hybridized carbons (Fsp3) is 0.362. The minimum absolute atomic E-state index is 0. The molecule has 6 aromatic rings. The quantitative estimate of drug-likeness (QED) is 0.177. The van der Waals surface area contributed by atoms with E-state index in [1.165, 1.54) is 83.4 Å². The molecule has 277 valence electrons. The van der Waals surface area contributed by atoms with Gasteiger partial charge in [-0.05, 0) is 153 Å². The van der Waals surface area contributed by atoms with Crippen LogP contribution in [0, 0.1) is 39.5 Å². The topological polar surface area (TPSA) is 55.2 Å². The minimum Gasteiger partial charge on any atom is -0.429 e. The number of aryl methyl sites for hydroxylation is 6. The Bertz CT molecular complexity index is 2250. The van der Waals surface area contributed by atoms with Gasteiger partial charge in [0.2, 0.25) is 0 Å². The van der Waals surface area contributed by atoms with E-state index < -0.39 is 0 Å². The number of hydrogen-bond donors (Lipinski definition) is 1. The Morgan fingerprint density at radius 2 is 1.21 bits per heavy atom. The number of benzene rings is 4. The molecule has 4 aromatic carbocycles. The molecular weight excluding hydrogens is 715 g/mol. The molecule has 0 aliphatic heterocycles. The largest absolute Gasteiger partial charge is 0.485 e. The zero-order valence-corrected chi connectivity index (χ0v) is 33.6. The molecule has 2 aliphatic rings. The monoisotopic (exact) mass is 771 g/mol. The van der Waals surface area contributed by atoms with Gasteiger partial charge in [-0.25, -0.2) is 9.97 Å². The molecule has 1 radical (unpaired) electrons. The standard InChI is InChI=1S/C23H25N.C19H16BrN.C4H10BO2.CH4.H2/c1-14(2)10-17-6-5-7-22-20(17)13-18-8-9-19-16(4)11-15(3)12-21(19)23(18)24-22;1-11-8-12(2)14-7-6-13-10-16-17(20)4-3-5-18(16)21-19(13)15(14)9-11;1-4(2)3-7-5-6;;/h5-7,11-14H,8-10H2,1-4H3;3-5,8-10H,6-7H2,1-2H3;4,6H,3H2,1-2H3;1H4;1H. The lowest BCUT2D eigenvalue weighted by Crippen LogP contribution is -2.08. The molecule has 4 nitrogen and oxygen atoms in total. The first-order valence-electron chi connectivity index (χ1n) is 18.7. The summed E-state index contributed by atoms with van der Waals surface area (Å²) in [6.07, 6.45) is 5.55. The summed E-state index contributed by atoms with van der Waals surface area (Å²) in [4.78, 5) is 10.1. The molecular formula is C47H57BBrN2O2. The molecule has 2 aliphatic carbocycles. The number of rotatable bonds is 5. The molecule has 2 aromatic heterocycles. The molecule has 0 unspecified atom stereocenters. The number of nitrogens with zero attached hydrogens (tertiary/aromatic N) is 2. The van der Waals surface area contributed by atoms with Gasteiger partial charge in [-0.3, -0.25) is 0 Å². The second-order valence-corrected chi connectivity index (χ2v) is 16.3. The molecule has 8 rings (SSSR count). The summed E-state index contributed by atoms with van der Waals surface area (Å²) in [6.45, 7) is 18.0. The van der Waals surface area contributed by atoms with E-state index in [1.807, 2.05) is 13.8 Å².